The number of nitrogens with one attached hydrogen (secondary N) is 1. The molecule has 5 nitrogen and oxygen atoms in total. The third-order valence-electron chi connectivity index (χ3n) is 4.75. The van der Waals surface area contributed by atoms with Gasteiger partial charge in [0.1, 0.15) is 6.04 Å². The first-order valence-electron chi connectivity index (χ1n) is 9.53. The zero-order chi connectivity index (χ0) is 20.6. The van der Waals surface area contributed by atoms with Gasteiger partial charge in [0, 0.05) is 12.1 Å². The molecule has 3 aromatic carbocycles. The average molecular weight is 388 g/mol. The van der Waals surface area contributed by atoms with Gasteiger partial charge in [-0.1, -0.05) is 66.7 Å². The van der Waals surface area contributed by atoms with Crippen molar-refractivity contribution >= 4 is 11.9 Å². The minimum Gasteiger partial charge on any atom is -0.480 e. The monoisotopic (exact) mass is 388 g/mol. The fourth-order valence-corrected chi connectivity index (χ4v) is 3.05. The van der Waals surface area contributed by atoms with Crippen LogP contribution in [0.1, 0.15) is 21.5 Å². The number of hydrogen-bond acceptors (Lipinski definition) is 3. The van der Waals surface area contributed by atoms with E-state index in [4.69, 9.17) is 10.8 Å². The molecule has 1 amide bonds. The van der Waals surface area contributed by atoms with Crippen molar-refractivity contribution in [3.05, 3.63) is 95.6 Å². The van der Waals surface area contributed by atoms with Crippen molar-refractivity contribution in [3.63, 3.8) is 0 Å². The highest BCUT2D eigenvalue weighted by Gasteiger charge is 2.12. The van der Waals surface area contributed by atoms with Gasteiger partial charge in [-0.15, -0.1) is 0 Å². The van der Waals surface area contributed by atoms with Crippen LogP contribution in [0.2, 0.25) is 0 Å². The van der Waals surface area contributed by atoms with E-state index in [0.29, 0.717) is 12.1 Å². The molecular weight excluding hydrogens is 364 g/mol. The lowest BCUT2D eigenvalue weighted by Crippen LogP contribution is -2.32. The van der Waals surface area contributed by atoms with E-state index in [1.807, 2.05) is 18.2 Å². The first kappa shape index (κ1) is 20.3. The van der Waals surface area contributed by atoms with Crippen molar-refractivity contribution in [1.82, 2.24) is 5.32 Å². The SMILES string of the molecule is N[C@@H](Cc1ccc(C(=O)NCCc2ccc(-c3ccccc3)cc2)cc1)C(=O)O. The number of carboxylic acids is 1. The lowest BCUT2D eigenvalue weighted by atomic mass is 10.0. The Kier molecular flexibility index (Phi) is 6.76. The van der Waals surface area contributed by atoms with Gasteiger partial charge in [0.15, 0.2) is 0 Å². The molecule has 1 atom stereocenters. The summed E-state index contributed by atoms with van der Waals surface area (Å²) in [5.74, 6) is -1.19. The Balaban J connectivity index is 1.49. The van der Waals surface area contributed by atoms with Gasteiger partial charge in [0.05, 0.1) is 0 Å². The number of benzene rings is 3. The highest BCUT2D eigenvalue weighted by Crippen LogP contribution is 2.19. The average Bonchev–Trinajstić information content (AvgIpc) is 2.75. The summed E-state index contributed by atoms with van der Waals surface area (Å²) in [6.45, 7) is 0.537. The van der Waals surface area contributed by atoms with Gasteiger partial charge >= 0.3 is 5.97 Å². The molecule has 0 aliphatic heterocycles. The van der Waals surface area contributed by atoms with Crippen molar-refractivity contribution in [2.24, 2.45) is 5.73 Å². The molecule has 3 rings (SSSR count). The van der Waals surface area contributed by atoms with Gasteiger partial charge in [-0.25, -0.2) is 0 Å². The third kappa shape index (κ3) is 5.77. The summed E-state index contributed by atoms with van der Waals surface area (Å²) < 4.78 is 0. The van der Waals surface area contributed by atoms with Crippen LogP contribution in [0.5, 0.6) is 0 Å². The molecule has 0 spiro atoms. The van der Waals surface area contributed by atoms with Crippen LogP contribution in [-0.2, 0) is 17.6 Å². The topological polar surface area (TPSA) is 92.4 Å². The molecule has 4 N–H and O–H groups in total. The molecule has 0 aromatic heterocycles. The summed E-state index contributed by atoms with van der Waals surface area (Å²) in [6.07, 6.45) is 0.975. The number of hydrogen-bond donors (Lipinski definition) is 3. The smallest absolute Gasteiger partial charge is 0.320 e. The standard InChI is InChI=1S/C24H24N2O3/c25-22(24(28)29)16-18-8-12-21(13-9-18)23(27)26-15-14-17-6-10-20(11-7-17)19-4-2-1-3-5-19/h1-13,22H,14-16,25H2,(H,26,27)(H,28,29)/t22-/m0/s1. The minimum atomic E-state index is -1.04. The second-order valence-electron chi connectivity index (χ2n) is 6.91. The number of nitrogens with two attached hydrogens (primary N) is 1. The molecular formula is C24H24N2O3. The number of carboxylic acid groups (broad SMARTS) is 1. The fraction of sp³-hybridized carbons (Fsp3) is 0.167. The van der Waals surface area contributed by atoms with Crippen LogP contribution >= 0.6 is 0 Å². The predicted molar refractivity (Wildman–Crippen MR) is 114 cm³/mol. The third-order valence-corrected chi connectivity index (χ3v) is 4.75. The van der Waals surface area contributed by atoms with Crippen LogP contribution in [0.3, 0.4) is 0 Å². The second kappa shape index (κ2) is 9.66. The van der Waals surface area contributed by atoms with Gasteiger partial charge < -0.3 is 16.2 Å². The Morgan fingerprint density at radius 3 is 2.03 bits per heavy atom. The van der Waals surface area contributed by atoms with Crippen LogP contribution < -0.4 is 11.1 Å². The Bertz CT molecular complexity index is 952. The molecule has 0 radical (unpaired) electrons. The molecule has 5 heteroatoms. The van der Waals surface area contributed by atoms with Gasteiger partial charge in [0.25, 0.3) is 5.91 Å². The molecule has 0 fully saturated rings. The van der Waals surface area contributed by atoms with E-state index in [1.54, 1.807) is 24.3 Å². The number of aliphatic carboxylic acids is 1. The normalized spacial score (nSPS) is 11.6. The molecule has 0 bridgehead atoms. The maximum atomic E-state index is 12.3. The summed E-state index contributed by atoms with van der Waals surface area (Å²) in [5.41, 5.74) is 10.4. The van der Waals surface area contributed by atoms with Crippen molar-refractivity contribution in [3.8, 4) is 11.1 Å². The van der Waals surface area contributed by atoms with E-state index in [-0.39, 0.29) is 12.3 Å². The maximum Gasteiger partial charge on any atom is 0.320 e. The van der Waals surface area contributed by atoms with E-state index in [2.05, 4.69) is 41.7 Å². The van der Waals surface area contributed by atoms with Crippen molar-refractivity contribution in [2.75, 3.05) is 6.54 Å². The first-order chi connectivity index (χ1) is 14.0. The summed E-state index contributed by atoms with van der Waals surface area (Å²) >= 11 is 0. The molecule has 0 aliphatic carbocycles. The van der Waals surface area contributed by atoms with Crippen LogP contribution in [-0.4, -0.2) is 29.6 Å². The largest absolute Gasteiger partial charge is 0.480 e. The quantitative estimate of drug-likeness (QED) is 0.552. The molecule has 3 aromatic rings. The van der Waals surface area contributed by atoms with Gasteiger partial charge in [-0.3, -0.25) is 9.59 Å². The second-order valence-corrected chi connectivity index (χ2v) is 6.91. The van der Waals surface area contributed by atoms with Crippen molar-refractivity contribution in [1.29, 1.82) is 0 Å². The van der Waals surface area contributed by atoms with Crippen LogP contribution in [0.4, 0.5) is 0 Å². The van der Waals surface area contributed by atoms with Gasteiger partial charge in [0.2, 0.25) is 0 Å². The Morgan fingerprint density at radius 1 is 0.828 bits per heavy atom. The van der Waals surface area contributed by atoms with Crippen molar-refractivity contribution in [2.45, 2.75) is 18.9 Å². The van der Waals surface area contributed by atoms with Crippen LogP contribution in [0.25, 0.3) is 11.1 Å². The Morgan fingerprint density at radius 2 is 1.41 bits per heavy atom. The first-order valence-corrected chi connectivity index (χ1v) is 9.53. The summed E-state index contributed by atoms with van der Waals surface area (Å²) in [5, 5.41) is 11.8. The molecule has 0 aliphatic rings. The van der Waals surface area contributed by atoms with E-state index in [1.165, 1.54) is 11.1 Å². The Labute approximate surface area is 170 Å². The van der Waals surface area contributed by atoms with Crippen LogP contribution in [0, 0.1) is 0 Å². The molecule has 0 saturated carbocycles. The highest BCUT2D eigenvalue weighted by atomic mass is 16.4. The van der Waals surface area contributed by atoms with E-state index in [9.17, 15) is 9.59 Å². The van der Waals surface area contributed by atoms with Gasteiger partial charge in [-0.2, -0.15) is 0 Å². The zero-order valence-corrected chi connectivity index (χ0v) is 16.0. The number of amides is 1. The highest BCUT2D eigenvalue weighted by molar-refractivity contribution is 5.94. The number of carbonyl (C=O) groups excluding carboxylic acids is 1. The molecule has 0 saturated heterocycles. The summed E-state index contributed by atoms with van der Waals surface area (Å²) in [7, 11) is 0. The summed E-state index contributed by atoms with van der Waals surface area (Å²) in [4.78, 5) is 23.1. The maximum absolute atomic E-state index is 12.3. The van der Waals surface area contributed by atoms with E-state index < -0.39 is 12.0 Å². The molecule has 0 unspecified atom stereocenters. The van der Waals surface area contributed by atoms with E-state index in [0.717, 1.165) is 17.5 Å². The predicted octanol–water partition coefficient (Wildman–Crippen LogP) is 3.28. The lowest BCUT2D eigenvalue weighted by Gasteiger charge is -2.09. The minimum absolute atomic E-state index is 0.153. The molecule has 29 heavy (non-hydrogen) atoms. The fourth-order valence-electron chi connectivity index (χ4n) is 3.05. The lowest BCUT2D eigenvalue weighted by molar-refractivity contribution is -0.138. The number of carbonyl (C=O) groups is 2. The van der Waals surface area contributed by atoms with Gasteiger partial charge in [-0.05, 0) is 47.2 Å². The van der Waals surface area contributed by atoms with Crippen molar-refractivity contribution < 1.29 is 14.7 Å². The Hall–Kier alpha value is -3.44. The molecule has 148 valence electrons. The van der Waals surface area contributed by atoms with Crippen LogP contribution in [0.15, 0.2) is 78.9 Å². The molecule has 0 heterocycles. The van der Waals surface area contributed by atoms with E-state index >= 15 is 0 Å². The zero-order valence-electron chi connectivity index (χ0n) is 16.0. The number of rotatable bonds is 8. The summed E-state index contributed by atoms with van der Waals surface area (Å²) in [6, 6.07) is 24.4.